The van der Waals surface area contributed by atoms with E-state index < -0.39 is 6.04 Å². The fourth-order valence-electron chi connectivity index (χ4n) is 2.32. The molecular formula is C12H20N4O. The third-order valence-electron chi connectivity index (χ3n) is 3.37. The Morgan fingerprint density at radius 1 is 1.59 bits per heavy atom. The van der Waals surface area contributed by atoms with Gasteiger partial charge in [-0.25, -0.2) is 4.98 Å². The summed E-state index contributed by atoms with van der Waals surface area (Å²) in [4.78, 5) is 18.6. The van der Waals surface area contributed by atoms with E-state index >= 15 is 0 Å². The number of rotatable bonds is 5. The Morgan fingerprint density at radius 3 is 3.00 bits per heavy atom. The van der Waals surface area contributed by atoms with Crippen LogP contribution in [0.25, 0.3) is 0 Å². The average molecular weight is 236 g/mol. The number of aromatic nitrogens is 2. The van der Waals surface area contributed by atoms with Crippen LogP contribution in [0.3, 0.4) is 0 Å². The predicted molar refractivity (Wildman–Crippen MR) is 65.2 cm³/mol. The molecule has 5 nitrogen and oxygen atoms in total. The molecule has 0 aliphatic heterocycles. The lowest BCUT2D eigenvalue weighted by molar-refractivity contribution is -0.122. The van der Waals surface area contributed by atoms with Gasteiger partial charge in [0, 0.05) is 24.9 Å². The number of H-pyrrole nitrogens is 1. The molecule has 0 spiro atoms. The van der Waals surface area contributed by atoms with Crippen LogP contribution in [0.4, 0.5) is 0 Å². The van der Waals surface area contributed by atoms with Crippen molar-refractivity contribution in [3.63, 3.8) is 0 Å². The highest BCUT2D eigenvalue weighted by molar-refractivity contribution is 5.81. The van der Waals surface area contributed by atoms with Gasteiger partial charge in [0.25, 0.3) is 0 Å². The smallest absolute Gasteiger partial charge is 0.237 e. The molecule has 1 aliphatic rings. The van der Waals surface area contributed by atoms with Crippen molar-refractivity contribution in [3.8, 4) is 0 Å². The highest BCUT2D eigenvalue weighted by Crippen LogP contribution is 2.23. The Morgan fingerprint density at radius 2 is 2.35 bits per heavy atom. The van der Waals surface area contributed by atoms with Crippen molar-refractivity contribution in [1.29, 1.82) is 0 Å². The minimum Gasteiger partial charge on any atom is -0.354 e. The predicted octanol–water partition coefficient (Wildman–Crippen LogP) is 0.586. The van der Waals surface area contributed by atoms with Crippen LogP contribution in [0.1, 0.15) is 31.4 Å². The third-order valence-corrected chi connectivity index (χ3v) is 3.37. The highest BCUT2D eigenvalue weighted by Gasteiger charge is 2.18. The molecule has 1 fully saturated rings. The minimum atomic E-state index is -0.489. The van der Waals surface area contributed by atoms with Gasteiger partial charge in [-0.1, -0.05) is 12.8 Å². The van der Waals surface area contributed by atoms with E-state index in [1.165, 1.54) is 25.7 Å². The Labute approximate surface area is 101 Å². The van der Waals surface area contributed by atoms with E-state index in [-0.39, 0.29) is 5.91 Å². The third kappa shape index (κ3) is 3.56. The van der Waals surface area contributed by atoms with Gasteiger partial charge >= 0.3 is 0 Å². The minimum absolute atomic E-state index is 0.0634. The first kappa shape index (κ1) is 12.1. The summed E-state index contributed by atoms with van der Waals surface area (Å²) >= 11 is 0. The number of carbonyl (C=O) groups excluding carboxylic acids is 1. The molecule has 0 saturated heterocycles. The monoisotopic (exact) mass is 236 g/mol. The molecule has 1 heterocycles. The molecule has 0 aromatic carbocycles. The van der Waals surface area contributed by atoms with Crippen molar-refractivity contribution in [2.75, 3.05) is 6.54 Å². The molecule has 5 heteroatoms. The summed E-state index contributed by atoms with van der Waals surface area (Å²) < 4.78 is 0. The van der Waals surface area contributed by atoms with E-state index in [4.69, 9.17) is 5.73 Å². The van der Waals surface area contributed by atoms with E-state index in [1.54, 1.807) is 12.5 Å². The zero-order valence-corrected chi connectivity index (χ0v) is 9.98. The molecular weight excluding hydrogens is 216 g/mol. The average Bonchev–Trinajstić information content (AvgIpc) is 2.98. The Kier molecular flexibility index (Phi) is 4.14. The van der Waals surface area contributed by atoms with Gasteiger partial charge in [0.15, 0.2) is 0 Å². The quantitative estimate of drug-likeness (QED) is 0.699. The molecule has 0 unspecified atom stereocenters. The number of amides is 1. The molecule has 1 aliphatic carbocycles. The second kappa shape index (κ2) is 5.82. The van der Waals surface area contributed by atoms with Crippen molar-refractivity contribution < 1.29 is 4.79 Å². The molecule has 1 saturated carbocycles. The second-order valence-corrected chi connectivity index (χ2v) is 4.78. The molecule has 2 rings (SSSR count). The zero-order chi connectivity index (χ0) is 12.1. The van der Waals surface area contributed by atoms with E-state index in [0.29, 0.717) is 12.3 Å². The topological polar surface area (TPSA) is 83.8 Å². The van der Waals surface area contributed by atoms with Gasteiger partial charge in [0.05, 0.1) is 12.4 Å². The first-order valence-electron chi connectivity index (χ1n) is 6.26. The summed E-state index contributed by atoms with van der Waals surface area (Å²) in [6.07, 6.45) is 8.85. The summed E-state index contributed by atoms with van der Waals surface area (Å²) in [6, 6.07) is -0.489. The van der Waals surface area contributed by atoms with Crippen molar-refractivity contribution in [3.05, 3.63) is 18.2 Å². The van der Waals surface area contributed by atoms with Gasteiger partial charge < -0.3 is 16.0 Å². The molecule has 0 radical (unpaired) electrons. The first-order valence-corrected chi connectivity index (χ1v) is 6.26. The van der Waals surface area contributed by atoms with Crippen LogP contribution < -0.4 is 11.1 Å². The maximum absolute atomic E-state index is 11.8. The van der Waals surface area contributed by atoms with Gasteiger partial charge in [-0.05, 0) is 18.8 Å². The molecule has 1 aromatic heterocycles. The fourth-order valence-corrected chi connectivity index (χ4v) is 2.32. The van der Waals surface area contributed by atoms with Crippen LogP contribution in [-0.4, -0.2) is 28.5 Å². The van der Waals surface area contributed by atoms with Crippen LogP contribution in [0.15, 0.2) is 12.5 Å². The molecule has 1 atom stereocenters. The lowest BCUT2D eigenvalue weighted by atomic mass is 10.1. The zero-order valence-electron chi connectivity index (χ0n) is 9.98. The number of hydrogen-bond donors (Lipinski definition) is 3. The maximum atomic E-state index is 11.8. The molecule has 17 heavy (non-hydrogen) atoms. The van der Waals surface area contributed by atoms with Crippen molar-refractivity contribution in [1.82, 2.24) is 15.3 Å². The summed E-state index contributed by atoms with van der Waals surface area (Å²) in [5.41, 5.74) is 6.73. The number of hydrogen-bond acceptors (Lipinski definition) is 3. The Hall–Kier alpha value is -1.36. The van der Waals surface area contributed by atoms with Gasteiger partial charge in [-0.15, -0.1) is 0 Å². The maximum Gasteiger partial charge on any atom is 0.237 e. The van der Waals surface area contributed by atoms with Gasteiger partial charge in [-0.2, -0.15) is 0 Å². The molecule has 94 valence electrons. The summed E-state index contributed by atoms with van der Waals surface area (Å²) in [7, 11) is 0. The number of nitrogens with two attached hydrogens (primary N) is 1. The number of aromatic amines is 1. The fraction of sp³-hybridized carbons (Fsp3) is 0.667. The number of nitrogens with zero attached hydrogens (tertiary/aromatic N) is 1. The van der Waals surface area contributed by atoms with Crippen LogP contribution >= 0.6 is 0 Å². The summed E-state index contributed by atoms with van der Waals surface area (Å²) in [5.74, 6) is 0.588. The van der Waals surface area contributed by atoms with E-state index in [9.17, 15) is 4.79 Å². The standard InChI is InChI=1S/C12H20N4O/c13-11(5-10-7-14-8-16-10)12(17)15-6-9-3-1-2-4-9/h7-9,11H,1-6,13H2,(H,14,16)(H,15,17)/t11-/m0/s1. The van der Waals surface area contributed by atoms with Crippen LogP contribution in [-0.2, 0) is 11.2 Å². The van der Waals surface area contributed by atoms with Crippen molar-refractivity contribution in [2.45, 2.75) is 38.1 Å². The lowest BCUT2D eigenvalue weighted by Gasteiger charge is -2.14. The normalized spacial score (nSPS) is 18.2. The lowest BCUT2D eigenvalue weighted by Crippen LogP contribution is -2.43. The van der Waals surface area contributed by atoms with Crippen LogP contribution in [0, 0.1) is 5.92 Å². The molecule has 0 bridgehead atoms. The van der Waals surface area contributed by atoms with E-state index in [0.717, 1.165) is 12.2 Å². The van der Waals surface area contributed by atoms with E-state index in [1.807, 2.05) is 0 Å². The van der Waals surface area contributed by atoms with Crippen LogP contribution in [0.5, 0.6) is 0 Å². The Bertz CT molecular complexity index is 343. The summed E-state index contributed by atoms with van der Waals surface area (Å²) in [5, 5.41) is 2.94. The van der Waals surface area contributed by atoms with Crippen molar-refractivity contribution in [2.24, 2.45) is 11.7 Å². The van der Waals surface area contributed by atoms with E-state index in [2.05, 4.69) is 15.3 Å². The molecule has 4 N–H and O–H groups in total. The van der Waals surface area contributed by atoms with Gasteiger partial charge in [-0.3, -0.25) is 4.79 Å². The van der Waals surface area contributed by atoms with Gasteiger partial charge in [0.1, 0.15) is 0 Å². The van der Waals surface area contributed by atoms with Crippen LogP contribution in [0.2, 0.25) is 0 Å². The van der Waals surface area contributed by atoms with Gasteiger partial charge in [0.2, 0.25) is 5.91 Å². The van der Waals surface area contributed by atoms with Crippen molar-refractivity contribution >= 4 is 5.91 Å². The first-order chi connectivity index (χ1) is 8.25. The SMILES string of the molecule is N[C@@H](Cc1cnc[nH]1)C(=O)NCC1CCCC1. The number of carbonyl (C=O) groups is 1. The number of nitrogens with one attached hydrogen (secondary N) is 2. The molecule has 1 aromatic rings. The highest BCUT2D eigenvalue weighted by atomic mass is 16.2. The number of imidazole rings is 1. The molecule has 1 amide bonds. The largest absolute Gasteiger partial charge is 0.354 e. The summed E-state index contributed by atoms with van der Waals surface area (Å²) in [6.45, 7) is 0.773. The second-order valence-electron chi connectivity index (χ2n) is 4.78. The Balaban J connectivity index is 1.71.